The van der Waals surface area contributed by atoms with Crippen molar-refractivity contribution >= 4 is 11.6 Å². The van der Waals surface area contributed by atoms with E-state index in [0.29, 0.717) is 6.04 Å². The molecule has 0 amide bonds. The fraction of sp³-hybridized carbons (Fsp3) is 0.400. The highest BCUT2D eigenvalue weighted by molar-refractivity contribution is 6.30. The third kappa shape index (κ3) is 4.14. The van der Waals surface area contributed by atoms with Gasteiger partial charge in [-0.2, -0.15) is 0 Å². The molecule has 1 aliphatic heterocycles. The molecule has 1 saturated heterocycles. The van der Waals surface area contributed by atoms with Gasteiger partial charge in [0.05, 0.1) is 0 Å². The maximum absolute atomic E-state index is 5.98. The van der Waals surface area contributed by atoms with Crippen molar-refractivity contribution in [3.8, 4) is 11.1 Å². The Labute approximate surface area is 144 Å². The van der Waals surface area contributed by atoms with Crippen LogP contribution in [-0.4, -0.2) is 31.1 Å². The summed E-state index contributed by atoms with van der Waals surface area (Å²) in [6.45, 7) is 6.76. The molecule has 122 valence electrons. The van der Waals surface area contributed by atoms with Crippen molar-refractivity contribution in [2.24, 2.45) is 0 Å². The van der Waals surface area contributed by atoms with E-state index in [1.54, 1.807) is 0 Å². The van der Waals surface area contributed by atoms with Crippen LogP contribution in [0.1, 0.15) is 31.4 Å². The van der Waals surface area contributed by atoms with Gasteiger partial charge in [-0.25, -0.2) is 0 Å². The van der Waals surface area contributed by atoms with Gasteiger partial charge < -0.3 is 5.32 Å². The Bertz CT molecular complexity index is 601. The molecule has 2 nitrogen and oxygen atoms in total. The Kier molecular flexibility index (Phi) is 5.71. The summed E-state index contributed by atoms with van der Waals surface area (Å²) in [5.41, 5.74) is 3.91. The molecule has 3 heteroatoms. The summed E-state index contributed by atoms with van der Waals surface area (Å²) in [5, 5.41) is 4.23. The number of nitrogens with one attached hydrogen (secondary N) is 1. The molecule has 0 aliphatic carbocycles. The van der Waals surface area contributed by atoms with Crippen LogP contribution >= 0.6 is 11.6 Å². The predicted octanol–water partition coefficient (Wildman–Crippen LogP) is 4.75. The van der Waals surface area contributed by atoms with Crippen LogP contribution in [0, 0.1) is 0 Å². The largest absolute Gasteiger partial charge is 0.314 e. The second kappa shape index (κ2) is 7.96. The fourth-order valence-electron chi connectivity index (χ4n) is 3.37. The van der Waals surface area contributed by atoms with Gasteiger partial charge in [-0.15, -0.1) is 0 Å². The summed E-state index contributed by atoms with van der Waals surface area (Å²) in [4.78, 5) is 2.62. The van der Waals surface area contributed by atoms with Crippen LogP contribution in [-0.2, 0) is 0 Å². The maximum atomic E-state index is 5.98. The molecule has 1 aliphatic rings. The number of rotatable bonds is 5. The third-order valence-corrected chi connectivity index (χ3v) is 4.88. The van der Waals surface area contributed by atoms with E-state index < -0.39 is 0 Å². The minimum Gasteiger partial charge on any atom is -0.314 e. The summed E-state index contributed by atoms with van der Waals surface area (Å²) in [7, 11) is 0. The Morgan fingerprint density at radius 3 is 2.09 bits per heavy atom. The van der Waals surface area contributed by atoms with E-state index in [-0.39, 0.29) is 0 Å². The van der Waals surface area contributed by atoms with Gasteiger partial charge in [0.15, 0.2) is 0 Å². The maximum Gasteiger partial charge on any atom is 0.0406 e. The van der Waals surface area contributed by atoms with Gasteiger partial charge in [-0.3, -0.25) is 4.90 Å². The molecular formula is C20H25ClN2. The van der Waals surface area contributed by atoms with Crippen molar-refractivity contribution in [1.29, 1.82) is 0 Å². The summed E-state index contributed by atoms with van der Waals surface area (Å²) in [6.07, 6.45) is 2.44. The van der Waals surface area contributed by atoms with Crippen LogP contribution in [0.3, 0.4) is 0 Å². The molecule has 0 spiro atoms. The molecule has 1 fully saturated rings. The fourth-order valence-corrected chi connectivity index (χ4v) is 3.49. The van der Waals surface area contributed by atoms with E-state index in [4.69, 9.17) is 11.6 Å². The lowest BCUT2D eigenvalue weighted by Crippen LogP contribution is -2.45. The molecule has 1 unspecified atom stereocenters. The van der Waals surface area contributed by atoms with Gasteiger partial charge in [0, 0.05) is 37.2 Å². The number of benzene rings is 2. The van der Waals surface area contributed by atoms with Crippen LogP contribution in [0.15, 0.2) is 48.5 Å². The highest BCUT2D eigenvalue weighted by Crippen LogP contribution is 2.29. The second-order valence-electron chi connectivity index (χ2n) is 6.22. The highest BCUT2D eigenvalue weighted by atomic mass is 35.5. The van der Waals surface area contributed by atoms with E-state index in [1.807, 2.05) is 12.1 Å². The molecule has 0 saturated carbocycles. The molecule has 0 aromatic heterocycles. The van der Waals surface area contributed by atoms with E-state index in [2.05, 4.69) is 53.5 Å². The Hall–Kier alpha value is -1.35. The Morgan fingerprint density at radius 1 is 0.957 bits per heavy atom. The molecule has 1 heterocycles. The van der Waals surface area contributed by atoms with Crippen molar-refractivity contribution in [2.75, 3.05) is 26.2 Å². The second-order valence-corrected chi connectivity index (χ2v) is 6.66. The summed E-state index contributed by atoms with van der Waals surface area (Å²) in [6, 6.07) is 17.7. The molecule has 23 heavy (non-hydrogen) atoms. The Balaban J connectivity index is 1.79. The first-order chi connectivity index (χ1) is 11.3. The lowest BCUT2D eigenvalue weighted by Gasteiger charge is -2.35. The number of halogens is 1. The first kappa shape index (κ1) is 16.5. The zero-order valence-corrected chi connectivity index (χ0v) is 14.5. The smallest absolute Gasteiger partial charge is 0.0406 e. The molecule has 0 bridgehead atoms. The van der Waals surface area contributed by atoms with Crippen LogP contribution < -0.4 is 5.32 Å². The molecule has 1 atom stereocenters. The highest BCUT2D eigenvalue weighted by Gasteiger charge is 2.21. The zero-order chi connectivity index (χ0) is 16.1. The van der Waals surface area contributed by atoms with Gasteiger partial charge in [0.1, 0.15) is 0 Å². The molecule has 3 rings (SSSR count). The van der Waals surface area contributed by atoms with Crippen molar-refractivity contribution in [2.45, 2.75) is 25.8 Å². The van der Waals surface area contributed by atoms with Gasteiger partial charge in [0.25, 0.3) is 0 Å². The van der Waals surface area contributed by atoms with Crippen molar-refractivity contribution in [3.05, 3.63) is 59.1 Å². The van der Waals surface area contributed by atoms with Crippen molar-refractivity contribution in [3.63, 3.8) is 0 Å². The number of hydrogen-bond donors (Lipinski definition) is 1. The van der Waals surface area contributed by atoms with E-state index in [1.165, 1.54) is 29.5 Å². The van der Waals surface area contributed by atoms with Crippen LogP contribution in [0.5, 0.6) is 0 Å². The van der Waals surface area contributed by atoms with Crippen LogP contribution in [0.2, 0.25) is 5.02 Å². The normalized spacial score (nSPS) is 17.1. The van der Waals surface area contributed by atoms with E-state index in [9.17, 15) is 0 Å². The lowest BCUT2D eigenvalue weighted by molar-refractivity contribution is 0.164. The third-order valence-electron chi connectivity index (χ3n) is 4.63. The average molecular weight is 329 g/mol. The van der Waals surface area contributed by atoms with Crippen LogP contribution in [0.4, 0.5) is 0 Å². The zero-order valence-electron chi connectivity index (χ0n) is 13.8. The van der Waals surface area contributed by atoms with Gasteiger partial charge in [0.2, 0.25) is 0 Å². The van der Waals surface area contributed by atoms with E-state index >= 15 is 0 Å². The van der Waals surface area contributed by atoms with Crippen molar-refractivity contribution < 1.29 is 0 Å². The van der Waals surface area contributed by atoms with Crippen LogP contribution in [0.25, 0.3) is 11.1 Å². The molecule has 0 radical (unpaired) electrons. The van der Waals surface area contributed by atoms with Crippen molar-refractivity contribution in [1.82, 2.24) is 10.2 Å². The summed E-state index contributed by atoms with van der Waals surface area (Å²) < 4.78 is 0. The molecular weight excluding hydrogens is 304 g/mol. The standard InChI is InChI=1S/C20H25ClN2/c1-2-3-20(23-14-12-22-13-15-23)18-6-4-16(5-7-18)17-8-10-19(21)11-9-17/h4-11,20,22H,2-3,12-15H2,1H3. The van der Waals surface area contributed by atoms with Gasteiger partial charge in [-0.1, -0.05) is 61.3 Å². The number of hydrogen-bond acceptors (Lipinski definition) is 2. The minimum atomic E-state index is 0.543. The van der Waals surface area contributed by atoms with E-state index in [0.717, 1.165) is 31.2 Å². The minimum absolute atomic E-state index is 0.543. The van der Waals surface area contributed by atoms with Gasteiger partial charge >= 0.3 is 0 Å². The summed E-state index contributed by atoms with van der Waals surface area (Å²) in [5.74, 6) is 0. The number of piperazine rings is 1. The van der Waals surface area contributed by atoms with Gasteiger partial charge in [-0.05, 0) is 35.2 Å². The summed E-state index contributed by atoms with van der Waals surface area (Å²) >= 11 is 5.98. The SMILES string of the molecule is CCCC(c1ccc(-c2ccc(Cl)cc2)cc1)N1CCNCC1. The quantitative estimate of drug-likeness (QED) is 0.851. The molecule has 1 N–H and O–H groups in total. The predicted molar refractivity (Wildman–Crippen MR) is 99.0 cm³/mol. The number of nitrogens with zero attached hydrogens (tertiary/aromatic N) is 1. The molecule has 2 aromatic carbocycles. The first-order valence-corrected chi connectivity index (χ1v) is 8.96. The molecule has 2 aromatic rings. The lowest BCUT2D eigenvalue weighted by atomic mass is 9.97. The monoisotopic (exact) mass is 328 g/mol. The first-order valence-electron chi connectivity index (χ1n) is 8.58. The topological polar surface area (TPSA) is 15.3 Å². The Morgan fingerprint density at radius 2 is 1.52 bits per heavy atom. The average Bonchev–Trinajstić information content (AvgIpc) is 2.61.